The van der Waals surface area contributed by atoms with Crippen LogP contribution in [0, 0.1) is 11.6 Å². The predicted molar refractivity (Wildman–Crippen MR) is 136 cm³/mol. The van der Waals surface area contributed by atoms with Gasteiger partial charge in [-0.1, -0.05) is 0 Å². The normalized spacial score (nSPS) is 10.8. The van der Waals surface area contributed by atoms with E-state index in [-0.39, 0.29) is 34.5 Å². The third-order valence-corrected chi connectivity index (χ3v) is 5.59. The number of carbonyl (C=O) groups is 1. The van der Waals surface area contributed by atoms with Crippen LogP contribution in [0.5, 0.6) is 28.9 Å². The van der Waals surface area contributed by atoms with Crippen molar-refractivity contribution in [2.45, 2.75) is 0 Å². The summed E-state index contributed by atoms with van der Waals surface area (Å²) >= 11 is 0. The topological polar surface area (TPSA) is 129 Å². The lowest BCUT2D eigenvalue weighted by Gasteiger charge is -2.13. The highest BCUT2D eigenvalue weighted by molar-refractivity contribution is 6.05. The van der Waals surface area contributed by atoms with Gasteiger partial charge in [0.15, 0.2) is 34.5 Å². The molecule has 0 aliphatic heterocycles. The molecule has 5 aromatic rings. The average molecular weight is 531 g/mol. The molecular weight excluding hydrogens is 512 g/mol. The summed E-state index contributed by atoms with van der Waals surface area (Å²) in [5.74, 6) is -1.90. The van der Waals surface area contributed by atoms with Crippen LogP contribution >= 0.6 is 0 Å². The maximum absolute atomic E-state index is 15.0. The summed E-state index contributed by atoms with van der Waals surface area (Å²) in [6.07, 6.45) is 2.56. The molecule has 5 rings (SSSR count). The third-order valence-electron chi connectivity index (χ3n) is 5.59. The number of anilines is 1. The maximum atomic E-state index is 15.0. The highest BCUT2D eigenvalue weighted by Gasteiger charge is 2.20. The molecule has 1 amide bonds. The van der Waals surface area contributed by atoms with E-state index in [1.807, 2.05) is 0 Å². The van der Waals surface area contributed by atoms with Crippen LogP contribution in [0.25, 0.3) is 22.3 Å². The number of nitrogens with one attached hydrogen (secondary N) is 1. The Morgan fingerprint density at radius 3 is 2.41 bits per heavy atom. The van der Waals surface area contributed by atoms with Crippen molar-refractivity contribution in [1.82, 2.24) is 19.9 Å². The molecule has 0 saturated carbocycles. The van der Waals surface area contributed by atoms with Crippen molar-refractivity contribution in [2.75, 3.05) is 19.5 Å². The van der Waals surface area contributed by atoms with Gasteiger partial charge in [-0.3, -0.25) is 9.78 Å². The zero-order valence-electron chi connectivity index (χ0n) is 20.5. The second kappa shape index (κ2) is 10.5. The molecule has 0 spiro atoms. The molecule has 0 atom stereocenters. The van der Waals surface area contributed by atoms with E-state index < -0.39 is 23.3 Å². The van der Waals surface area contributed by atoms with Gasteiger partial charge < -0.3 is 24.6 Å². The van der Waals surface area contributed by atoms with Crippen molar-refractivity contribution in [3.63, 3.8) is 0 Å². The Balaban J connectivity index is 1.38. The molecule has 3 heterocycles. The Bertz CT molecular complexity index is 1700. The lowest BCUT2D eigenvalue weighted by Crippen LogP contribution is -2.14. The number of pyridine rings is 2. The molecule has 0 aliphatic carbocycles. The van der Waals surface area contributed by atoms with E-state index in [0.29, 0.717) is 22.3 Å². The zero-order chi connectivity index (χ0) is 27.5. The van der Waals surface area contributed by atoms with Crippen molar-refractivity contribution in [2.24, 2.45) is 0 Å². The Hall–Kier alpha value is -5.39. The Kier molecular flexibility index (Phi) is 6.83. The van der Waals surface area contributed by atoms with E-state index in [1.54, 1.807) is 6.07 Å². The lowest BCUT2D eigenvalue weighted by atomic mass is 10.1. The summed E-state index contributed by atoms with van der Waals surface area (Å²) in [6.45, 7) is 0. The molecule has 2 N–H and O–H groups in total. The van der Waals surface area contributed by atoms with Gasteiger partial charge in [-0.25, -0.2) is 23.7 Å². The van der Waals surface area contributed by atoms with Crippen LogP contribution in [-0.2, 0) is 0 Å². The Morgan fingerprint density at radius 2 is 1.69 bits per heavy atom. The molecule has 0 unspecified atom stereocenters. The predicted octanol–water partition coefficient (Wildman–Crippen LogP) is 5.13. The number of aromatic hydroxyl groups is 1. The molecule has 0 saturated heterocycles. The molecule has 10 nitrogen and oxygen atoms in total. The minimum Gasteiger partial charge on any atom is -0.504 e. The molecule has 39 heavy (non-hydrogen) atoms. The number of fused-ring (bicyclic) bond motifs is 1. The van der Waals surface area contributed by atoms with Crippen molar-refractivity contribution >= 4 is 22.6 Å². The summed E-state index contributed by atoms with van der Waals surface area (Å²) < 4.78 is 44.5. The van der Waals surface area contributed by atoms with Gasteiger partial charge in [0.05, 0.1) is 19.7 Å². The number of carbonyl (C=O) groups excluding carboxylic acids is 1. The van der Waals surface area contributed by atoms with Gasteiger partial charge in [0, 0.05) is 35.6 Å². The molecule has 12 heteroatoms. The fourth-order valence-electron chi connectivity index (χ4n) is 3.72. The van der Waals surface area contributed by atoms with Gasteiger partial charge in [-0.05, 0) is 36.4 Å². The molecule has 2 aromatic carbocycles. The smallest absolute Gasteiger partial charge is 0.278 e. The Morgan fingerprint density at radius 1 is 0.897 bits per heavy atom. The minimum atomic E-state index is -0.809. The second-order valence-corrected chi connectivity index (χ2v) is 8.00. The van der Waals surface area contributed by atoms with E-state index in [0.717, 1.165) is 12.4 Å². The van der Waals surface area contributed by atoms with Crippen LogP contribution in [0.1, 0.15) is 10.5 Å². The van der Waals surface area contributed by atoms with Crippen LogP contribution in [0.2, 0.25) is 0 Å². The van der Waals surface area contributed by atoms with Crippen molar-refractivity contribution in [3.05, 3.63) is 84.4 Å². The molecule has 196 valence electrons. The van der Waals surface area contributed by atoms with Gasteiger partial charge >= 0.3 is 0 Å². The second-order valence-electron chi connectivity index (χ2n) is 8.00. The van der Waals surface area contributed by atoms with Gasteiger partial charge in [0.2, 0.25) is 0 Å². The third kappa shape index (κ3) is 5.07. The van der Waals surface area contributed by atoms with Gasteiger partial charge in [0.25, 0.3) is 11.8 Å². The first-order chi connectivity index (χ1) is 18.9. The zero-order valence-corrected chi connectivity index (χ0v) is 20.5. The number of benzene rings is 2. The highest BCUT2D eigenvalue weighted by atomic mass is 19.1. The number of hydrogen-bond acceptors (Lipinski definition) is 9. The van der Waals surface area contributed by atoms with E-state index in [2.05, 4.69) is 25.3 Å². The SMILES string of the molecule is COc1cc2nccc(Oc3ccc(NC(=O)c4ncnc(-c5ccc(F)cc5)c4O)cc3F)c2nc1OC. The number of ether oxygens (including phenoxy) is 3. The summed E-state index contributed by atoms with van der Waals surface area (Å²) in [6, 6.07) is 12.1. The van der Waals surface area contributed by atoms with Crippen LogP contribution < -0.4 is 19.5 Å². The van der Waals surface area contributed by atoms with Crippen LogP contribution in [0.15, 0.2) is 67.1 Å². The van der Waals surface area contributed by atoms with E-state index in [9.17, 15) is 18.7 Å². The lowest BCUT2D eigenvalue weighted by molar-refractivity contribution is 0.101. The molecule has 0 bridgehead atoms. The first-order valence-corrected chi connectivity index (χ1v) is 11.3. The van der Waals surface area contributed by atoms with Crippen molar-refractivity contribution in [3.8, 4) is 40.1 Å². The van der Waals surface area contributed by atoms with Crippen LogP contribution in [0.4, 0.5) is 14.5 Å². The standard InChI is InChI=1S/C27H19F2N5O5/c1-37-21-12-18-23(34-27(21)38-2)20(9-10-30-18)39-19-8-7-16(11-17(19)29)33-26(36)24-25(35)22(31-13-32-24)14-3-5-15(28)6-4-14/h3-13,35H,1-2H3,(H,33,36). The largest absolute Gasteiger partial charge is 0.504 e. The average Bonchev–Trinajstić information content (AvgIpc) is 2.94. The number of hydrogen-bond donors (Lipinski definition) is 2. The van der Waals surface area contributed by atoms with Crippen molar-refractivity contribution in [1.29, 1.82) is 0 Å². The quantitative estimate of drug-likeness (QED) is 0.294. The summed E-state index contributed by atoms with van der Waals surface area (Å²) in [7, 11) is 2.91. The number of rotatable bonds is 7. The van der Waals surface area contributed by atoms with Gasteiger partial charge in [0.1, 0.15) is 23.4 Å². The van der Waals surface area contributed by atoms with E-state index in [4.69, 9.17) is 14.2 Å². The molecule has 0 fully saturated rings. The van der Waals surface area contributed by atoms with E-state index >= 15 is 0 Å². The van der Waals surface area contributed by atoms with E-state index in [1.165, 1.54) is 62.9 Å². The maximum Gasteiger partial charge on any atom is 0.278 e. The number of halogens is 2. The van der Waals surface area contributed by atoms with Crippen LogP contribution in [0.3, 0.4) is 0 Å². The summed E-state index contributed by atoms with van der Waals surface area (Å²) in [5.41, 5.74) is 0.922. The summed E-state index contributed by atoms with van der Waals surface area (Å²) in [4.78, 5) is 29.2. The molecule has 0 aliphatic rings. The molecule has 3 aromatic heterocycles. The monoisotopic (exact) mass is 531 g/mol. The van der Waals surface area contributed by atoms with Gasteiger partial charge in [-0.15, -0.1) is 0 Å². The van der Waals surface area contributed by atoms with Crippen LogP contribution in [-0.4, -0.2) is 45.2 Å². The number of amides is 1. The molecular formula is C27H19F2N5O5. The number of aromatic nitrogens is 4. The number of nitrogens with zero attached hydrogens (tertiary/aromatic N) is 4. The van der Waals surface area contributed by atoms with Gasteiger partial charge in [-0.2, -0.15) is 0 Å². The minimum absolute atomic E-state index is 0.0394. The number of methoxy groups -OCH3 is 2. The first-order valence-electron chi connectivity index (χ1n) is 11.3. The summed E-state index contributed by atoms with van der Waals surface area (Å²) in [5, 5.41) is 13.1. The van der Waals surface area contributed by atoms with Crippen molar-refractivity contribution < 1.29 is 32.9 Å². The highest BCUT2D eigenvalue weighted by Crippen LogP contribution is 2.35. The fraction of sp³-hybridized carbons (Fsp3) is 0.0741. The Labute approximate surface area is 219 Å². The fourth-order valence-corrected chi connectivity index (χ4v) is 3.72. The molecule has 0 radical (unpaired) electrons. The first kappa shape index (κ1) is 25.3.